The molecule has 0 saturated heterocycles. The van der Waals surface area contributed by atoms with E-state index in [0.717, 1.165) is 23.2 Å². The van der Waals surface area contributed by atoms with E-state index >= 15 is 0 Å². The minimum atomic E-state index is -0.845. The molecule has 0 heterocycles. The Hall–Kier alpha value is -3.12. The molecule has 1 aliphatic carbocycles. The molecule has 0 aliphatic heterocycles. The van der Waals surface area contributed by atoms with E-state index in [1.165, 1.54) is 17.6 Å². The van der Waals surface area contributed by atoms with Crippen molar-refractivity contribution in [3.8, 4) is 11.5 Å². The first kappa shape index (κ1) is 23.1. The molecule has 33 heavy (non-hydrogen) atoms. The van der Waals surface area contributed by atoms with Gasteiger partial charge in [0.2, 0.25) is 0 Å². The highest BCUT2D eigenvalue weighted by molar-refractivity contribution is 7.98. The minimum absolute atomic E-state index is 0.273. The SMILES string of the molecule is COC(=O)C1(Nc2ccc(OC)c(OCCc3cccc(SC)c3)c2)Cc2ccccc2C1. The molecule has 0 unspecified atom stereocenters. The van der Waals surface area contributed by atoms with Crippen molar-refractivity contribution < 1.29 is 19.0 Å². The van der Waals surface area contributed by atoms with Crippen molar-refractivity contribution >= 4 is 23.4 Å². The van der Waals surface area contributed by atoms with Gasteiger partial charge in [0, 0.05) is 35.9 Å². The van der Waals surface area contributed by atoms with E-state index in [1.54, 1.807) is 18.9 Å². The van der Waals surface area contributed by atoms with Crippen molar-refractivity contribution in [2.75, 3.05) is 32.4 Å². The molecule has 0 amide bonds. The van der Waals surface area contributed by atoms with Gasteiger partial charge in [-0.05, 0) is 47.2 Å². The number of nitrogens with one attached hydrogen (secondary N) is 1. The second-order valence-corrected chi connectivity index (χ2v) is 9.02. The topological polar surface area (TPSA) is 56.8 Å². The third kappa shape index (κ3) is 5.11. The Bertz CT molecular complexity index is 1110. The zero-order chi connectivity index (χ0) is 23.3. The monoisotopic (exact) mass is 463 g/mol. The average molecular weight is 464 g/mol. The molecule has 5 nitrogen and oxygen atoms in total. The fraction of sp³-hybridized carbons (Fsp3) is 0.296. The van der Waals surface area contributed by atoms with E-state index in [1.807, 2.05) is 30.3 Å². The molecule has 1 aliphatic rings. The molecule has 0 saturated carbocycles. The minimum Gasteiger partial charge on any atom is -0.493 e. The van der Waals surface area contributed by atoms with Crippen LogP contribution < -0.4 is 14.8 Å². The predicted octanol–water partition coefficient (Wildman–Crippen LogP) is 5.16. The van der Waals surface area contributed by atoms with Crippen LogP contribution in [-0.2, 0) is 28.8 Å². The second kappa shape index (κ2) is 10.2. The molecule has 172 valence electrons. The van der Waals surface area contributed by atoms with Gasteiger partial charge in [0.15, 0.2) is 11.5 Å². The van der Waals surface area contributed by atoms with Crippen LogP contribution in [0.1, 0.15) is 16.7 Å². The van der Waals surface area contributed by atoms with E-state index in [-0.39, 0.29) is 5.97 Å². The van der Waals surface area contributed by atoms with Gasteiger partial charge in [-0.3, -0.25) is 0 Å². The average Bonchev–Trinajstić information content (AvgIpc) is 3.23. The van der Waals surface area contributed by atoms with Crippen molar-refractivity contribution in [1.82, 2.24) is 0 Å². The Labute approximate surface area is 199 Å². The first-order chi connectivity index (χ1) is 16.1. The molecule has 0 fully saturated rings. The lowest BCUT2D eigenvalue weighted by Crippen LogP contribution is -2.48. The number of methoxy groups -OCH3 is 2. The summed E-state index contributed by atoms with van der Waals surface area (Å²) in [5, 5.41) is 3.45. The molecule has 0 radical (unpaired) electrons. The lowest BCUT2D eigenvalue weighted by atomic mass is 9.95. The summed E-state index contributed by atoms with van der Waals surface area (Å²) in [5.74, 6) is 1.02. The van der Waals surface area contributed by atoms with Crippen LogP contribution in [0.15, 0.2) is 71.6 Å². The van der Waals surface area contributed by atoms with Gasteiger partial charge >= 0.3 is 5.97 Å². The zero-order valence-corrected chi connectivity index (χ0v) is 20.0. The molecule has 3 aromatic rings. The van der Waals surface area contributed by atoms with E-state index in [2.05, 4.69) is 48.0 Å². The first-order valence-electron chi connectivity index (χ1n) is 10.9. The highest BCUT2D eigenvalue weighted by Crippen LogP contribution is 2.37. The number of ether oxygens (including phenoxy) is 3. The molecule has 0 aromatic heterocycles. The van der Waals surface area contributed by atoms with Crippen LogP contribution in [0.2, 0.25) is 0 Å². The van der Waals surface area contributed by atoms with Crippen LogP contribution in [0, 0.1) is 0 Å². The lowest BCUT2D eigenvalue weighted by molar-refractivity contribution is -0.145. The van der Waals surface area contributed by atoms with Gasteiger partial charge < -0.3 is 19.5 Å². The molecule has 0 spiro atoms. The lowest BCUT2D eigenvalue weighted by Gasteiger charge is -2.29. The van der Waals surface area contributed by atoms with Gasteiger partial charge in [0.05, 0.1) is 20.8 Å². The number of carbonyl (C=O) groups excluding carboxylic acids is 1. The number of anilines is 1. The predicted molar refractivity (Wildman–Crippen MR) is 133 cm³/mol. The Balaban J connectivity index is 1.51. The molecule has 6 heteroatoms. The highest BCUT2D eigenvalue weighted by atomic mass is 32.2. The van der Waals surface area contributed by atoms with Crippen molar-refractivity contribution in [1.29, 1.82) is 0 Å². The van der Waals surface area contributed by atoms with Crippen LogP contribution in [0.3, 0.4) is 0 Å². The van der Waals surface area contributed by atoms with Crippen LogP contribution in [0.4, 0.5) is 5.69 Å². The van der Waals surface area contributed by atoms with Gasteiger partial charge in [0.1, 0.15) is 5.54 Å². The molecule has 1 N–H and O–H groups in total. The Kier molecular flexibility index (Phi) is 7.14. The maximum Gasteiger partial charge on any atom is 0.332 e. The standard InChI is InChI=1S/C27H29NO4S/c1-30-24-12-11-22(16-25(24)32-14-13-19-7-6-10-23(15-19)33-3)28-27(26(29)31-2)17-20-8-4-5-9-21(20)18-27/h4-12,15-16,28H,13-14,17-18H2,1-3H3. The van der Waals surface area contributed by atoms with E-state index < -0.39 is 5.54 Å². The molecule has 4 rings (SSSR count). The third-order valence-electron chi connectivity index (χ3n) is 6.01. The largest absolute Gasteiger partial charge is 0.493 e. The van der Waals surface area contributed by atoms with Gasteiger partial charge in [0.25, 0.3) is 0 Å². The van der Waals surface area contributed by atoms with Gasteiger partial charge in [-0.1, -0.05) is 36.4 Å². The van der Waals surface area contributed by atoms with Crippen LogP contribution in [0.5, 0.6) is 11.5 Å². The molecule has 0 atom stereocenters. The van der Waals surface area contributed by atoms with Gasteiger partial charge in [-0.15, -0.1) is 11.8 Å². The zero-order valence-electron chi connectivity index (χ0n) is 19.2. The van der Waals surface area contributed by atoms with E-state index in [9.17, 15) is 4.79 Å². The maximum atomic E-state index is 12.9. The number of thioether (sulfide) groups is 1. The van der Waals surface area contributed by atoms with E-state index in [4.69, 9.17) is 14.2 Å². The van der Waals surface area contributed by atoms with Crippen LogP contribution >= 0.6 is 11.8 Å². The first-order valence-corrected chi connectivity index (χ1v) is 12.2. The summed E-state index contributed by atoms with van der Waals surface area (Å²) in [7, 11) is 3.06. The number of esters is 1. The molecular weight excluding hydrogens is 434 g/mol. The van der Waals surface area contributed by atoms with E-state index in [0.29, 0.717) is 30.9 Å². The summed E-state index contributed by atoms with van der Waals surface area (Å²) >= 11 is 1.73. The number of hydrogen-bond acceptors (Lipinski definition) is 6. The number of hydrogen-bond donors (Lipinski definition) is 1. The number of benzene rings is 3. The van der Waals surface area contributed by atoms with Crippen molar-refractivity contribution in [2.45, 2.75) is 29.7 Å². The third-order valence-corrected chi connectivity index (χ3v) is 6.73. The number of fused-ring (bicyclic) bond motifs is 1. The summed E-state index contributed by atoms with van der Waals surface area (Å²) in [6, 6.07) is 22.2. The molecule has 3 aromatic carbocycles. The molecular formula is C27H29NO4S. The summed E-state index contributed by atoms with van der Waals surface area (Å²) in [5.41, 5.74) is 3.49. The number of carbonyl (C=O) groups is 1. The summed E-state index contributed by atoms with van der Waals surface area (Å²) in [6.45, 7) is 0.519. The Morgan fingerprint density at radius 2 is 1.73 bits per heavy atom. The second-order valence-electron chi connectivity index (χ2n) is 8.14. The fourth-order valence-electron chi connectivity index (χ4n) is 4.34. The molecule has 0 bridgehead atoms. The Morgan fingerprint density at radius 1 is 0.970 bits per heavy atom. The summed E-state index contributed by atoms with van der Waals surface area (Å²) in [6.07, 6.45) is 4.01. The van der Waals surface area contributed by atoms with Crippen molar-refractivity contribution in [2.24, 2.45) is 0 Å². The normalized spacial score (nSPS) is 13.8. The smallest absolute Gasteiger partial charge is 0.332 e. The Morgan fingerprint density at radius 3 is 2.39 bits per heavy atom. The van der Waals surface area contributed by atoms with Crippen LogP contribution in [-0.4, -0.2) is 38.6 Å². The number of rotatable bonds is 9. The van der Waals surface area contributed by atoms with Crippen molar-refractivity contribution in [3.05, 3.63) is 83.4 Å². The van der Waals surface area contributed by atoms with Crippen LogP contribution in [0.25, 0.3) is 0 Å². The quantitative estimate of drug-likeness (QED) is 0.349. The van der Waals surface area contributed by atoms with Gasteiger partial charge in [-0.25, -0.2) is 4.79 Å². The van der Waals surface area contributed by atoms with Crippen molar-refractivity contribution in [3.63, 3.8) is 0 Å². The van der Waals surface area contributed by atoms with Gasteiger partial charge in [-0.2, -0.15) is 0 Å². The maximum absolute atomic E-state index is 12.9. The summed E-state index contributed by atoms with van der Waals surface area (Å²) < 4.78 is 16.8. The fourth-order valence-corrected chi connectivity index (χ4v) is 4.83. The summed E-state index contributed by atoms with van der Waals surface area (Å²) in [4.78, 5) is 14.1. The highest BCUT2D eigenvalue weighted by Gasteiger charge is 2.45.